The maximum Gasteiger partial charge on any atom is 0.267 e. The fraction of sp³-hybridized carbons (Fsp3) is 0.400. The number of aromatic nitrogens is 1. The number of aryl methyl sites for hydroxylation is 1. The van der Waals surface area contributed by atoms with Gasteiger partial charge in [0.1, 0.15) is 5.82 Å². The molecule has 1 unspecified atom stereocenters. The van der Waals surface area contributed by atoms with E-state index in [9.17, 15) is 9.18 Å². The number of para-hydroxylation sites is 1. The number of piperazine rings is 1. The molecule has 1 N–H and O–H groups in total. The molecule has 3 heterocycles. The van der Waals surface area contributed by atoms with Crippen LogP contribution >= 0.6 is 0 Å². The Morgan fingerprint density at radius 2 is 1.91 bits per heavy atom. The summed E-state index contributed by atoms with van der Waals surface area (Å²) >= 11 is 0. The van der Waals surface area contributed by atoms with Crippen molar-refractivity contribution in [1.82, 2.24) is 9.88 Å². The minimum atomic E-state index is -0.465. The molecule has 0 spiro atoms. The number of anilines is 2. The van der Waals surface area contributed by atoms with Crippen LogP contribution in [0.3, 0.4) is 0 Å². The van der Waals surface area contributed by atoms with Gasteiger partial charge in [0.15, 0.2) is 11.9 Å². The largest absolute Gasteiger partial charge is 0.476 e. The van der Waals surface area contributed by atoms with Crippen LogP contribution in [-0.4, -0.2) is 61.7 Å². The van der Waals surface area contributed by atoms with E-state index in [1.165, 1.54) is 11.6 Å². The minimum absolute atomic E-state index is 0.0163. The first-order valence-corrected chi connectivity index (χ1v) is 11.3. The van der Waals surface area contributed by atoms with Gasteiger partial charge in [0, 0.05) is 50.3 Å². The van der Waals surface area contributed by atoms with Crippen LogP contribution in [0, 0.1) is 5.82 Å². The van der Waals surface area contributed by atoms with E-state index in [2.05, 4.69) is 20.9 Å². The molecular weight excluding hydrogens is 407 g/mol. The average Bonchev–Trinajstić information content (AvgIpc) is 3.20. The molecule has 0 radical (unpaired) electrons. The third-order valence-electron chi connectivity index (χ3n) is 6.67. The summed E-state index contributed by atoms with van der Waals surface area (Å²) in [7, 11) is 1.81. The lowest BCUT2D eigenvalue weighted by atomic mass is 10.1. The molecule has 6 nitrogen and oxygen atoms in total. The smallest absolute Gasteiger partial charge is 0.267 e. The van der Waals surface area contributed by atoms with Crippen LogP contribution in [0.4, 0.5) is 15.8 Å². The number of nitrogens with zero attached hydrogens (tertiary/aromatic N) is 3. The third-order valence-corrected chi connectivity index (χ3v) is 6.67. The summed E-state index contributed by atoms with van der Waals surface area (Å²) in [5.41, 5.74) is 4.07. The Bertz CT molecular complexity index is 1140. The fourth-order valence-electron chi connectivity index (χ4n) is 4.83. The lowest BCUT2D eigenvalue weighted by Gasteiger charge is -2.39. The number of hydrogen-bond donors (Lipinski definition) is 1. The van der Waals surface area contributed by atoms with Crippen molar-refractivity contribution < 1.29 is 13.9 Å². The number of H-pyrrole nitrogens is 1. The molecule has 32 heavy (non-hydrogen) atoms. The van der Waals surface area contributed by atoms with E-state index in [4.69, 9.17) is 4.74 Å². The number of hydrogen-bond acceptors (Lipinski definition) is 4. The summed E-state index contributed by atoms with van der Waals surface area (Å²) < 4.78 is 19.6. The Morgan fingerprint density at radius 1 is 1.12 bits per heavy atom. The van der Waals surface area contributed by atoms with E-state index in [1.54, 1.807) is 24.0 Å². The summed E-state index contributed by atoms with van der Waals surface area (Å²) in [6, 6.07) is 10.9. The highest BCUT2D eigenvalue weighted by atomic mass is 19.1. The van der Waals surface area contributed by atoms with Gasteiger partial charge in [-0.05, 0) is 62.2 Å². The molecule has 1 atom stereocenters. The molecule has 2 aliphatic rings. The van der Waals surface area contributed by atoms with E-state index >= 15 is 0 Å². The summed E-state index contributed by atoms with van der Waals surface area (Å²) in [5, 5.41) is 0.987. The second-order valence-electron chi connectivity index (χ2n) is 8.72. The number of ether oxygens (including phenoxy) is 1. The molecule has 2 aliphatic heterocycles. The lowest BCUT2D eigenvalue weighted by molar-refractivity contribution is -0.125. The first-order valence-electron chi connectivity index (χ1n) is 11.3. The lowest BCUT2D eigenvalue weighted by Crippen LogP contribution is -2.47. The molecule has 1 fully saturated rings. The van der Waals surface area contributed by atoms with Gasteiger partial charge in [-0.15, -0.1) is 0 Å². The van der Waals surface area contributed by atoms with Crippen molar-refractivity contribution in [3.8, 4) is 5.75 Å². The molecule has 7 heteroatoms. The zero-order chi connectivity index (χ0) is 22.2. The zero-order valence-corrected chi connectivity index (χ0v) is 18.6. The Balaban J connectivity index is 1.18. The van der Waals surface area contributed by atoms with E-state index in [0.29, 0.717) is 0 Å². The quantitative estimate of drug-likeness (QED) is 0.661. The van der Waals surface area contributed by atoms with Gasteiger partial charge in [0.05, 0.1) is 11.4 Å². The topological polar surface area (TPSA) is 51.8 Å². The number of likely N-dealkylation sites (N-methyl/N-ethyl adjacent to an activating group) is 1. The maximum absolute atomic E-state index is 13.6. The SMILES string of the molecule is CC1Oc2c(N3CCN(CCCc4c[nH]c5ccc(F)cc45)CC3)cccc2N(C)C1=O. The van der Waals surface area contributed by atoms with Gasteiger partial charge in [-0.2, -0.15) is 0 Å². The van der Waals surface area contributed by atoms with Crippen LogP contribution in [0.5, 0.6) is 5.75 Å². The number of benzene rings is 2. The number of carbonyl (C=O) groups is 1. The van der Waals surface area contributed by atoms with Crippen molar-refractivity contribution in [3.63, 3.8) is 0 Å². The molecule has 0 bridgehead atoms. The van der Waals surface area contributed by atoms with Crippen molar-refractivity contribution in [1.29, 1.82) is 0 Å². The molecule has 5 rings (SSSR count). The summed E-state index contributed by atoms with van der Waals surface area (Å²) in [4.78, 5) is 22.0. The van der Waals surface area contributed by atoms with Gasteiger partial charge >= 0.3 is 0 Å². The first-order chi connectivity index (χ1) is 15.5. The first kappa shape index (κ1) is 20.8. The van der Waals surface area contributed by atoms with Crippen LogP contribution < -0.4 is 14.5 Å². The van der Waals surface area contributed by atoms with Crippen molar-refractivity contribution in [2.24, 2.45) is 0 Å². The molecule has 1 aromatic heterocycles. The van der Waals surface area contributed by atoms with E-state index < -0.39 is 6.10 Å². The molecule has 168 valence electrons. The maximum atomic E-state index is 13.6. The number of aromatic amines is 1. The number of rotatable bonds is 5. The molecule has 0 aliphatic carbocycles. The van der Waals surface area contributed by atoms with E-state index in [-0.39, 0.29) is 11.7 Å². The van der Waals surface area contributed by atoms with Gasteiger partial charge < -0.3 is 19.5 Å². The number of amides is 1. The monoisotopic (exact) mass is 436 g/mol. The highest BCUT2D eigenvalue weighted by Crippen LogP contribution is 2.41. The predicted molar refractivity (Wildman–Crippen MR) is 125 cm³/mol. The van der Waals surface area contributed by atoms with Crippen molar-refractivity contribution in [2.75, 3.05) is 49.6 Å². The highest BCUT2D eigenvalue weighted by molar-refractivity contribution is 6.00. The Hall–Kier alpha value is -3.06. The second kappa shape index (κ2) is 8.47. The number of halogens is 1. The van der Waals surface area contributed by atoms with Crippen LogP contribution in [0.1, 0.15) is 18.9 Å². The summed E-state index contributed by atoms with van der Waals surface area (Å²) in [5.74, 6) is 0.603. The standard InChI is InChI=1S/C25H29FN4O2/c1-17-25(31)28(2)22-6-3-7-23(24(22)32-17)30-13-11-29(12-14-30)10-4-5-18-16-27-21-9-8-19(26)15-20(18)21/h3,6-9,15-17,27H,4-5,10-14H2,1-2H3. The van der Waals surface area contributed by atoms with Gasteiger partial charge in [0.25, 0.3) is 5.91 Å². The number of carbonyl (C=O) groups excluding carboxylic acids is 1. The average molecular weight is 437 g/mol. The van der Waals surface area contributed by atoms with Gasteiger partial charge in [0.2, 0.25) is 0 Å². The summed E-state index contributed by atoms with van der Waals surface area (Å²) in [6.07, 6.45) is 3.51. The van der Waals surface area contributed by atoms with Crippen LogP contribution in [-0.2, 0) is 11.2 Å². The highest BCUT2D eigenvalue weighted by Gasteiger charge is 2.32. The van der Waals surface area contributed by atoms with Gasteiger partial charge in [-0.1, -0.05) is 6.07 Å². The Kier molecular flexibility index (Phi) is 5.51. The van der Waals surface area contributed by atoms with Crippen molar-refractivity contribution in [3.05, 3.63) is 54.0 Å². The summed E-state index contributed by atoms with van der Waals surface area (Å²) in [6.45, 7) is 6.63. The normalized spacial score (nSPS) is 19.3. The van der Waals surface area contributed by atoms with Gasteiger partial charge in [-0.25, -0.2) is 4.39 Å². The zero-order valence-electron chi connectivity index (χ0n) is 18.6. The third kappa shape index (κ3) is 3.81. The van der Waals surface area contributed by atoms with Crippen LogP contribution in [0.25, 0.3) is 10.9 Å². The molecule has 0 saturated carbocycles. The van der Waals surface area contributed by atoms with Crippen molar-refractivity contribution in [2.45, 2.75) is 25.9 Å². The van der Waals surface area contributed by atoms with Gasteiger partial charge in [-0.3, -0.25) is 9.69 Å². The molecule has 3 aromatic rings. The molecule has 2 aromatic carbocycles. The van der Waals surface area contributed by atoms with Crippen LogP contribution in [0.15, 0.2) is 42.6 Å². The number of fused-ring (bicyclic) bond motifs is 2. The minimum Gasteiger partial charge on any atom is -0.476 e. The van der Waals surface area contributed by atoms with E-state index in [0.717, 1.165) is 73.6 Å². The van der Waals surface area contributed by atoms with Crippen LogP contribution in [0.2, 0.25) is 0 Å². The molecule has 1 amide bonds. The van der Waals surface area contributed by atoms with Crippen molar-refractivity contribution >= 4 is 28.2 Å². The number of nitrogens with one attached hydrogen (secondary N) is 1. The molecular formula is C25H29FN4O2. The Morgan fingerprint density at radius 3 is 2.72 bits per heavy atom. The second-order valence-corrected chi connectivity index (χ2v) is 8.72. The Labute approximate surface area is 187 Å². The fourth-order valence-corrected chi connectivity index (χ4v) is 4.83. The molecule has 1 saturated heterocycles. The predicted octanol–water partition coefficient (Wildman–Crippen LogP) is 3.81. The van der Waals surface area contributed by atoms with E-state index in [1.807, 2.05) is 25.4 Å².